The van der Waals surface area contributed by atoms with Crippen LogP contribution in [-0.4, -0.2) is 14.1 Å². The monoisotopic (exact) mass is 525 g/mol. The van der Waals surface area contributed by atoms with E-state index >= 15 is 0 Å². The van der Waals surface area contributed by atoms with Crippen LogP contribution in [0.15, 0.2) is 144 Å². The second kappa shape index (κ2) is 8.44. The predicted octanol–water partition coefficient (Wildman–Crippen LogP) is 9.69. The van der Waals surface area contributed by atoms with Gasteiger partial charge in [0.2, 0.25) is 0 Å². The van der Waals surface area contributed by atoms with Crippen molar-refractivity contribution in [2.75, 3.05) is 0 Å². The van der Waals surface area contributed by atoms with Crippen molar-refractivity contribution in [1.82, 2.24) is 14.1 Å². The molecule has 41 heavy (non-hydrogen) atoms. The van der Waals surface area contributed by atoms with Crippen LogP contribution in [0, 0.1) is 0 Å². The molecule has 0 amide bonds. The SMILES string of the molecule is c1ccc(-n2c(-c3ccc(-n4c5ccccc5c5c6c(ccc54)oc4ccccc46)cc3)nc3ccccc32)cc1. The van der Waals surface area contributed by atoms with Gasteiger partial charge in [-0.25, -0.2) is 4.98 Å². The van der Waals surface area contributed by atoms with Crippen LogP contribution in [0.2, 0.25) is 0 Å². The molecule has 0 bridgehead atoms. The molecule has 0 unspecified atom stereocenters. The lowest BCUT2D eigenvalue weighted by atomic mass is 10.1. The third-order valence-corrected chi connectivity index (χ3v) is 8.14. The van der Waals surface area contributed by atoms with Gasteiger partial charge in [0.1, 0.15) is 17.0 Å². The Labute approximate surface area is 235 Å². The number of hydrogen-bond donors (Lipinski definition) is 0. The van der Waals surface area contributed by atoms with Crippen LogP contribution in [0.3, 0.4) is 0 Å². The van der Waals surface area contributed by atoms with Crippen molar-refractivity contribution >= 4 is 54.8 Å². The molecular formula is C37H23N3O. The van der Waals surface area contributed by atoms with Crippen LogP contribution in [0.25, 0.3) is 77.5 Å². The van der Waals surface area contributed by atoms with Crippen molar-refractivity contribution in [2.24, 2.45) is 0 Å². The number of hydrogen-bond acceptors (Lipinski definition) is 2. The first kappa shape index (κ1) is 22.2. The molecule has 0 radical (unpaired) electrons. The van der Waals surface area contributed by atoms with Crippen LogP contribution >= 0.6 is 0 Å². The van der Waals surface area contributed by atoms with Crippen molar-refractivity contribution in [3.8, 4) is 22.8 Å². The van der Waals surface area contributed by atoms with E-state index < -0.39 is 0 Å². The first-order valence-corrected chi connectivity index (χ1v) is 13.8. The summed E-state index contributed by atoms with van der Waals surface area (Å²) in [7, 11) is 0. The predicted molar refractivity (Wildman–Crippen MR) is 168 cm³/mol. The van der Waals surface area contributed by atoms with Crippen LogP contribution in [0.5, 0.6) is 0 Å². The van der Waals surface area contributed by atoms with Crippen molar-refractivity contribution in [1.29, 1.82) is 0 Å². The number of benzene rings is 6. The fourth-order valence-electron chi connectivity index (χ4n) is 6.37. The number of aromatic nitrogens is 3. The number of nitrogens with zero attached hydrogens (tertiary/aromatic N) is 3. The molecule has 9 rings (SSSR count). The molecule has 0 spiro atoms. The number of fused-ring (bicyclic) bond motifs is 8. The highest BCUT2D eigenvalue weighted by Crippen LogP contribution is 2.41. The Bertz CT molecular complexity index is 2410. The molecular weight excluding hydrogens is 502 g/mol. The number of para-hydroxylation sites is 5. The zero-order valence-electron chi connectivity index (χ0n) is 22.0. The first-order valence-electron chi connectivity index (χ1n) is 13.8. The average molecular weight is 526 g/mol. The lowest BCUT2D eigenvalue weighted by Gasteiger charge is -2.11. The summed E-state index contributed by atoms with van der Waals surface area (Å²) in [5, 5.41) is 4.75. The summed E-state index contributed by atoms with van der Waals surface area (Å²) in [4.78, 5) is 5.05. The van der Waals surface area contributed by atoms with Crippen LogP contribution < -0.4 is 0 Å². The summed E-state index contributed by atoms with van der Waals surface area (Å²) >= 11 is 0. The van der Waals surface area contributed by atoms with Gasteiger partial charge in [-0.2, -0.15) is 0 Å². The largest absolute Gasteiger partial charge is 0.456 e. The molecule has 0 fully saturated rings. The van der Waals surface area contributed by atoms with Gasteiger partial charge >= 0.3 is 0 Å². The summed E-state index contributed by atoms with van der Waals surface area (Å²) in [6.07, 6.45) is 0. The van der Waals surface area contributed by atoms with Crippen LogP contribution in [-0.2, 0) is 0 Å². The normalized spacial score (nSPS) is 11.9. The van der Waals surface area contributed by atoms with Crippen molar-refractivity contribution in [3.63, 3.8) is 0 Å². The molecule has 0 aliphatic rings. The molecule has 3 heterocycles. The fraction of sp³-hybridized carbons (Fsp3) is 0. The third-order valence-electron chi connectivity index (χ3n) is 8.14. The molecule has 9 aromatic rings. The molecule has 3 aromatic heterocycles. The standard InChI is InChI=1S/C37H23N3O/c1-2-10-25(11-3-1)40-31-16-8-6-14-29(31)38-37(40)24-18-20-26(21-19-24)39-30-15-7-4-12-27(30)35-32(39)22-23-34-36(35)28-13-5-9-17-33(28)41-34/h1-23H. The fourth-order valence-corrected chi connectivity index (χ4v) is 6.37. The minimum atomic E-state index is 0.914. The topological polar surface area (TPSA) is 35.9 Å². The van der Waals surface area contributed by atoms with Crippen LogP contribution in [0.1, 0.15) is 0 Å². The van der Waals surface area contributed by atoms with Gasteiger partial charge in [-0.05, 0) is 72.8 Å². The lowest BCUT2D eigenvalue weighted by Crippen LogP contribution is -1.98. The second-order valence-corrected chi connectivity index (χ2v) is 10.4. The van der Waals surface area contributed by atoms with E-state index in [0.29, 0.717) is 0 Å². The molecule has 0 aliphatic heterocycles. The minimum absolute atomic E-state index is 0.914. The van der Waals surface area contributed by atoms with E-state index in [1.807, 2.05) is 24.3 Å². The number of furan rings is 1. The Morgan fingerprint density at radius 2 is 1.12 bits per heavy atom. The Balaban J connectivity index is 1.27. The molecule has 0 aliphatic carbocycles. The minimum Gasteiger partial charge on any atom is -0.456 e. The Hall–Kier alpha value is -5.61. The van der Waals surface area contributed by atoms with Gasteiger partial charge in [0.25, 0.3) is 0 Å². The molecule has 4 heteroatoms. The van der Waals surface area contributed by atoms with Gasteiger partial charge in [-0.3, -0.25) is 4.57 Å². The van der Waals surface area contributed by atoms with E-state index in [1.54, 1.807) is 0 Å². The Kier molecular flexibility index (Phi) is 4.58. The zero-order valence-corrected chi connectivity index (χ0v) is 22.0. The maximum absolute atomic E-state index is 6.24. The van der Waals surface area contributed by atoms with E-state index in [-0.39, 0.29) is 0 Å². The van der Waals surface area contributed by atoms with Gasteiger partial charge < -0.3 is 8.98 Å². The third kappa shape index (κ3) is 3.19. The highest BCUT2D eigenvalue weighted by molar-refractivity contribution is 6.27. The Morgan fingerprint density at radius 1 is 0.439 bits per heavy atom. The molecule has 0 saturated heterocycles. The quantitative estimate of drug-likeness (QED) is 0.230. The summed E-state index contributed by atoms with van der Waals surface area (Å²) in [6, 6.07) is 48.8. The van der Waals surface area contributed by atoms with Gasteiger partial charge in [-0.1, -0.05) is 66.7 Å². The molecule has 4 nitrogen and oxygen atoms in total. The van der Waals surface area contributed by atoms with E-state index in [2.05, 4.69) is 124 Å². The second-order valence-electron chi connectivity index (χ2n) is 10.4. The first-order chi connectivity index (χ1) is 20.3. The molecule has 0 N–H and O–H groups in total. The summed E-state index contributed by atoms with van der Waals surface area (Å²) < 4.78 is 10.8. The number of imidazole rings is 1. The van der Waals surface area contributed by atoms with E-state index in [4.69, 9.17) is 9.40 Å². The molecule has 0 saturated carbocycles. The molecule has 0 atom stereocenters. The zero-order chi connectivity index (χ0) is 26.9. The summed E-state index contributed by atoms with van der Waals surface area (Å²) in [6.45, 7) is 0. The van der Waals surface area contributed by atoms with Gasteiger partial charge in [0.15, 0.2) is 0 Å². The maximum Gasteiger partial charge on any atom is 0.145 e. The maximum atomic E-state index is 6.24. The van der Waals surface area contributed by atoms with Crippen LogP contribution in [0.4, 0.5) is 0 Å². The van der Waals surface area contributed by atoms with E-state index in [9.17, 15) is 0 Å². The molecule has 6 aromatic carbocycles. The summed E-state index contributed by atoms with van der Waals surface area (Å²) in [5.41, 5.74) is 9.50. The van der Waals surface area contributed by atoms with Crippen molar-refractivity contribution in [3.05, 3.63) is 140 Å². The number of rotatable bonds is 3. The van der Waals surface area contributed by atoms with Gasteiger partial charge in [0, 0.05) is 38.5 Å². The average Bonchev–Trinajstić information content (AvgIpc) is 3.71. The van der Waals surface area contributed by atoms with E-state index in [1.165, 1.54) is 21.7 Å². The van der Waals surface area contributed by atoms with Gasteiger partial charge in [-0.15, -0.1) is 0 Å². The smallest absolute Gasteiger partial charge is 0.145 e. The van der Waals surface area contributed by atoms with Gasteiger partial charge in [0.05, 0.1) is 22.1 Å². The lowest BCUT2D eigenvalue weighted by molar-refractivity contribution is 0.669. The summed E-state index contributed by atoms with van der Waals surface area (Å²) in [5.74, 6) is 0.928. The van der Waals surface area contributed by atoms with Crippen molar-refractivity contribution in [2.45, 2.75) is 0 Å². The van der Waals surface area contributed by atoms with E-state index in [0.717, 1.165) is 55.9 Å². The van der Waals surface area contributed by atoms with Crippen molar-refractivity contribution < 1.29 is 4.42 Å². The highest BCUT2D eigenvalue weighted by atomic mass is 16.3. The highest BCUT2D eigenvalue weighted by Gasteiger charge is 2.19. The molecule has 192 valence electrons. The Morgan fingerprint density at radius 3 is 1.98 bits per heavy atom.